The first-order valence-electron chi connectivity index (χ1n) is 10.8. The van der Waals surface area contributed by atoms with Crippen LogP contribution in [0.2, 0.25) is 0 Å². The van der Waals surface area contributed by atoms with E-state index in [-0.39, 0.29) is 5.60 Å². The number of aromatic nitrogens is 1. The number of likely N-dealkylation sites (tertiary alicyclic amines) is 1. The molecule has 10 heteroatoms. The van der Waals surface area contributed by atoms with Crippen molar-refractivity contribution in [1.82, 2.24) is 9.88 Å². The zero-order valence-electron chi connectivity index (χ0n) is 17.8. The molecular formula is C21H31F3N2O4S. The number of carboxylic acid groups (broad SMARTS) is 1. The maximum Gasteiger partial charge on any atom is 0.490 e. The highest BCUT2D eigenvalue weighted by atomic mass is 32.1. The van der Waals surface area contributed by atoms with Gasteiger partial charge >= 0.3 is 12.1 Å². The number of alkyl halides is 3. The van der Waals surface area contributed by atoms with Gasteiger partial charge in [0.05, 0.1) is 16.8 Å². The van der Waals surface area contributed by atoms with Crippen LogP contribution in [0.3, 0.4) is 0 Å². The minimum Gasteiger partial charge on any atom is -0.475 e. The lowest BCUT2D eigenvalue weighted by molar-refractivity contribution is -0.192. The first-order chi connectivity index (χ1) is 14.7. The van der Waals surface area contributed by atoms with Crippen LogP contribution < -0.4 is 0 Å². The van der Waals surface area contributed by atoms with Crippen molar-refractivity contribution in [3.8, 4) is 0 Å². The molecule has 1 aromatic rings. The molecule has 1 unspecified atom stereocenters. The summed E-state index contributed by atoms with van der Waals surface area (Å²) in [6.45, 7) is 8.14. The monoisotopic (exact) mass is 464 g/mol. The van der Waals surface area contributed by atoms with Gasteiger partial charge in [-0.2, -0.15) is 13.2 Å². The van der Waals surface area contributed by atoms with E-state index in [9.17, 15) is 13.2 Å². The van der Waals surface area contributed by atoms with Crippen LogP contribution in [-0.2, 0) is 20.8 Å². The Hall–Kier alpha value is -1.23. The molecule has 1 spiro atoms. The number of aliphatic carboxylic acids is 1. The van der Waals surface area contributed by atoms with E-state index < -0.39 is 12.1 Å². The van der Waals surface area contributed by atoms with Crippen molar-refractivity contribution in [1.29, 1.82) is 0 Å². The third-order valence-corrected chi connectivity index (χ3v) is 7.40. The summed E-state index contributed by atoms with van der Waals surface area (Å²) in [5, 5.41) is 7.12. The first kappa shape index (κ1) is 24.4. The zero-order valence-corrected chi connectivity index (χ0v) is 18.6. The zero-order chi connectivity index (χ0) is 22.5. The predicted octanol–water partition coefficient (Wildman–Crippen LogP) is 4.27. The van der Waals surface area contributed by atoms with Gasteiger partial charge in [-0.05, 0) is 44.4 Å². The lowest BCUT2D eigenvalue weighted by atomic mass is 9.79. The summed E-state index contributed by atoms with van der Waals surface area (Å²) in [6, 6.07) is 0. The normalized spacial score (nSPS) is 23.5. The van der Waals surface area contributed by atoms with Crippen molar-refractivity contribution >= 4 is 17.3 Å². The third kappa shape index (κ3) is 6.63. The summed E-state index contributed by atoms with van der Waals surface area (Å²) < 4.78 is 43.9. The van der Waals surface area contributed by atoms with Crippen LogP contribution in [0.15, 0.2) is 5.51 Å². The van der Waals surface area contributed by atoms with E-state index in [0.717, 1.165) is 45.4 Å². The highest BCUT2D eigenvalue weighted by Gasteiger charge is 2.52. The molecule has 1 atom stereocenters. The Morgan fingerprint density at radius 3 is 2.61 bits per heavy atom. The van der Waals surface area contributed by atoms with Crippen LogP contribution in [0, 0.1) is 18.8 Å². The Morgan fingerprint density at radius 2 is 2.03 bits per heavy atom. The second kappa shape index (κ2) is 10.6. The van der Waals surface area contributed by atoms with Gasteiger partial charge in [-0.1, -0.05) is 12.8 Å². The smallest absolute Gasteiger partial charge is 0.475 e. The molecule has 0 bridgehead atoms. The van der Waals surface area contributed by atoms with Crippen LogP contribution in [0.4, 0.5) is 13.2 Å². The van der Waals surface area contributed by atoms with Crippen molar-refractivity contribution in [2.45, 2.75) is 63.8 Å². The SMILES string of the molecule is Cc1ncsc1CN1CC2(C1)OCCC2CCOCC1CCCC1.O=C(O)C(F)(F)F. The predicted molar refractivity (Wildman–Crippen MR) is 110 cm³/mol. The van der Waals surface area contributed by atoms with Gasteiger partial charge < -0.3 is 14.6 Å². The van der Waals surface area contributed by atoms with Crippen LogP contribution >= 0.6 is 11.3 Å². The number of thiazole rings is 1. The van der Waals surface area contributed by atoms with Gasteiger partial charge in [-0.3, -0.25) is 4.90 Å². The average molecular weight is 465 g/mol. The minimum atomic E-state index is -5.08. The number of hydrogen-bond donors (Lipinski definition) is 1. The van der Waals surface area contributed by atoms with Gasteiger partial charge in [0.25, 0.3) is 0 Å². The molecule has 0 aromatic carbocycles. The molecule has 3 heterocycles. The number of aryl methyl sites for hydroxylation is 1. The van der Waals surface area contributed by atoms with E-state index in [1.807, 2.05) is 5.51 Å². The number of rotatable bonds is 7. The molecule has 4 rings (SSSR count). The van der Waals surface area contributed by atoms with Crippen LogP contribution in [0.1, 0.15) is 49.1 Å². The summed E-state index contributed by atoms with van der Waals surface area (Å²) >= 11 is 1.77. The molecule has 2 aliphatic heterocycles. The molecule has 3 fully saturated rings. The number of halogens is 3. The van der Waals surface area contributed by atoms with Crippen LogP contribution in [-0.4, -0.2) is 65.6 Å². The average Bonchev–Trinajstić information content (AvgIpc) is 3.41. The van der Waals surface area contributed by atoms with Crippen molar-refractivity contribution < 1.29 is 32.5 Å². The van der Waals surface area contributed by atoms with E-state index >= 15 is 0 Å². The highest BCUT2D eigenvalue weighted by Crippen LogP contribution is 2.42. The molecule has 0 radical (unpaired) electrons. The topological polar surface area (TPSA) is 71.9 Å². The lowest BCUT2D eigenvalue weighted by Gasteiger charge is -2.50. The fourth-order valence-electron chi connectivity index (χ4n) is 4.70. The number of ether oxygens (including phenoxy) is 2. The molecule has 1 saturated carbocycles. The number of hydrogen-bond acceptors (Lipinski definition) is 6. The fourth-order valence-corrected chi connectivity index (χ4v) is 5.52. The molecular weight excluding hydrogens is 433 g/mol. The summed E-state index contributed by atoms with van der Waals surface area (Å²) in [5.74, 6) is -1.24. The Bertz CT molecular complexity index is 716. The lowest BCUT2D eigenvalue weighted by Crippen LogP contribution is -2.64. The van der Waals surface area contributed by atoms with Gasteiger partial charge in [0, 0.05) is 44.3 Å². The van der Waals surface area contributed by atoms with Crippen LogP contribution in [0.5, 0.6) is 0 Å². The molecule has 1 aromatic heterocycles. The maximum atomic E-state index is 10.6. The van der Waals surface area contributed by atoms with Gasteiger partial charge in [0.1, 0.15) is 0 Å². The summed E-state index contributed by atoms with van der Waals surface area (Å²) in [5.41, 5.74) is 3.26. The Kier molecular flexibility index (Phi) is 8.34. The summed E-state index contributed by atoms with van der Waals surface area (Å²) in [7, 11) is 0. The Balaban J connectivity index is 0.000000339. The second-order valence-electron chi connectivity index (χ2n) is 8.72. The largest absolute Gasteiger partial charge is 0.490 e. The standard InChI is InChI=1S/C19H30N2O2S.C2HF3O2/c1-15-18(24-14-20-15)10-21-12-19(13-21)17(7-9-23-19)6-8-22-11-16-4-2-3-5-16;3-2(4,5)1(6)7/h14,16-17H,2-13H2,1H3;(H,6,7). The van der Waals surface area contributed by atoms with Crippen molar-refractivity contribution in [3.05, 3.63) is 16.1 Å². The van der Waals surface area contributed by atoms with Crippen LogP contribution in [0.25, 0.3) is 0 Å². The summed E-state index contributed by atoms with van der Waals surface area (Å²) in [4.78, 5) is 17.2. The number of carboxylic acids is 1. The molecule has 0 amide bonds. The van der Waals surface area contributed by atoms with Crippen molar-refractivity contribution in [2.24, 2.45) is 11.8 Å². The first-order valence-corrected chi connectivity index (χ1v) is 11.7. The Morgan fingerprint density at radius 1 is 1.35 bits per heavy atom. The van der Waals surface area contributed by atoms with Crippen molar-refractivity contribution in [2.75, 3.05) is 32.9 Å². The van der Waals surface area contributed by atoms with E-state index in [1.165, 1.54) is 49.1 Å². The third-order valence-electron chi connectivity index (χ3n) is 6.48. The quantitative estimate of drug-likeness (QED) is 0.608. The van der Waals surface area contributed by atoms with Gasteiger partial charge in [0.2, 0.25) is 0 Å². The molecule has 6 nitrogen and oxygen atoms in total. The minimum absolute atomic E-state index is 0.120. The summed E-state index contributed by atoms with van der Waals surface area (Å²) in [6.07, 6.45) is 2.86. The van der Waals surface area contributed by atoms with Crippen molar-refractivity contribution in [3.63, 3.8) is 0 Å². The maximum absolute atomic E-state index is 10.6. The fraction of sp³-hybridized carbons (Fsp3) is 0.810. The van der Waals surface area contributed by atoms with Gasteiger partial charge in [0.15, 0.2) is 0 Å². The van der Waals surface area contributed by atoms with Gasteiger partial charge in [-0.25, -0.2) is 9.78 Å². The molecule has 2 saturated heterocycles. The van der Waals surface area contributed by atoms with Gasteiger partial charge in [-0.15, -0.1) is 11.3 Å². The van der Waals surface area contributed by atoms with E-state index in [0.29, 0.717) is 5.92 Å². The Labute approximate surface area is 184 Å². The number of carbonyl (C=O) groups is 1. The second-order valence-corrected chi connectivity index (χ2v) is 9.66. The molecule has 1 aliphatic carbocycles. The molecule has 1 N–H and O–H groups in total. The molecule has 31 heavy (non-hydrogen) atoms. The van der Waals surface area contributed by atoms with E-state index in [4.69, 9.17) is 19.4 Å². The molecule has 3 aliphatic rings. The van der Waals surface area contributed by atoms with E-state index in [2.05, 4.69) is 16.8 Å². The highest BCUT2D eigenvalue weighted by molar-refractivity contribution is 7.09. The van der Waals surface area contributed by atoms with E-state index in [1.54, 1.807) is 11.3 Å². The number of nitrogens with zero attached hydrogens (tertiary/aromatic N) is 2. The molecule has 176 valence electrons.